The number of ether oxygens (including phenoxy) is 1. The molecule has 5 nitrogen and oxygen atoms in total. The molecule has 1 rings (SSSR count). The van der Waals surface area contributed by atoms with Crippen LogP contribution in [0.15, 0.2) is 0 Å². The van der Waals surface area contributed by atoms with Crippen molar-refractivity contribution in [2.24, 2.45) is 11.7 Å². The van der Waals surface area contributed by atoms with Gasteiger partial charge in [-0.1, -0.05) is 6.92 Å². The van der Waals surface area contributed by atoms with Crippen molar-refractivity contribution in [1.82, 2.24) is 10.2 Å². The van der Waals surface area contributed by atoms with E-state index in [1.807, 2.05) is 0 Å². The number of nitrogens with two attached hydrogens (primary N) is 1. The highest BCUT2D eigenvalue weighted by molar-refractivity contribution is 5.79. The van der Waals surface area contributed by atoms with Crippen LogP contribution in [0.25, 0.3) is 0 Å². The van der Waals surface area contributed by atoms with Gasteiger partial charge in [-0.2, -0.15) is 0 Å². The highest BCUT2D eigenvalue weighted by Gasteiger charge is 2.32. The summed E-state index contributed by atoms with van der Waals surface area (Å²) in [5.74, 6) is 0.576. The Bertz CT molecular complexity index is 282. The van der Waals surface area contributed by atoms with Crippen molar-refractivity contribution in [3.63, 3.8) is 0 Å². The molecule has 118 valence electrons. The number of rotatable bonds is 12. The molecule has 0 aliphatic heterocycles. The maximum Gasteiger partial charge on any atom is 0.234 e. The average molecular weight is 285 g/mol. The largest absolute Gasteiger partial charge is 0.383 e. The van der Waals surface area contributed by atoms with Crippen LogP contribution in [0.2, 0.25) is 0 Å². The predicted octanol–water partition coefficient (Wildman–Crippen LogP) is 0.977. The third-order valence-electron chi connectivity index (χ3n) is 4.15. The van der Waals surface area contributed by atoms with Crippen LogP contribution < -0.4 is 11.1 Å². The third kappa shape index (κ3) is 6.20. The topological polar surface area (TPSA) is 67.6 Å². The van der Waals surface area contributed by atoms with Crippen LogP contribution in [-0.4, -0.2) is 56.2 Å². The Hall–Kier alpha value is -0.650. The van der Waals surface area contributed by atoms with Crippen LogP contribution in [0, 0.1) is 5.92 Å². The Morgan fingerprint density at radius 3 is 2.65 bits per heavy atom. The molecule has 3 N–H and O–H groups in total. The summed E-state index contributed by atoms with van der Waals surface area (Å²) < 4.78 is 5.19. The van der Waals surface area contributed by atoms with Gasteiger partial charge in [0.2, 0.25) is 5.91 Å². The Morgan fingerprint density at radius 1 is 1.45 bits per heavy atom. The smallest absolute Gasteiger partial charge is 0.234 e. The molecule has 1 aliphatic carbocycles. The van der Waals surface area contributed by atoms with E-state index in [1.54, 1.807) is 7.11 Å². The Balaban J connectivity index is 2.43. The van der Waals surface area contributed by atoms with Gasteiger partial charge in [0.05, 0.1) is 12.6 Å². The van der Waals surface area contributed by atoms with Crippen molar-refractivity contribution in [3.05, 3.63) is 0 Å². The van der Waals surface area contributed by atoms with E-state index in [1.165, 1.54) is 12.8 Å². The SMILES string of the molecule is CCCNC(CCN(CCOC)C(C)C1CC1)C(N)=O. The highest BCUT2D eigenvalue weighted by atomic mass is 16.5. The van der Waals surface area contributed by atoms with Gasteiger partial charge in [-0.25, -0.2) is 0 Å². The van der Waals surface area contributed by atoms with Gasteiger partial charge in [-0.3, -0.25) is 9.69 Å². The van der Waals surface area contributed by atoms with Crippen LogP contribution in [0.1, 0.15) is 39.5 Å². The summed E-state index contributed by atoms with van der Waals surface area (Å²) in [6, 6.07) is 0.358. The molecule has 2 unspecified atom stereocenters. The number of nitrogens with one attached hydrogen (secondary N) is 1. The molecule has 5 heteroatoms. The number of methoxy groups -OCH3 is 1. The quantitative estimate of drug-likeness (QED) is 0.561. The summed E-state index contributed by atoms with van der Waals surface area (Å²) in [6.45, 7) is 7.76. The molecule has 0 radical (unpaired) electrons. The Labute approximate surface area is 123 Å². The maximum absolute atomic E-state index is 11.5. The first-order valence-corrected chi connectivity index (χ1v) is 7.85. The summed E-state index contributed by atoms with van der Waals surface area (Å²) in [4.78, 5) is 13.9. The molecule has 0 aromatic carbocycles. The molecule has 0 aromatic heterocycles. The lowest BCUT2D eigenvalue weighted by atomic mass is 10.1. The first-order chi connectivity index (χ1) is 9.60. The second kappa shape index (κ2) is 9.32. The van der Waals surface area contributed by atoms with Crippen molar-refractivity contribution in [2.75, 3.05) is 33.4 Å². The van der Waals surface area contributed by atoms with E-state index in [9.17, 15) is 4.79 Å². The van der Waals surface area contributed by atoms with Gasteiger partial charge >= 0.3 is 0 Å². The van der Waals surface area contributed by atoms with Gasteiger partial charge in [0.1, 0.15) is 0 Å². The van der Waals surface area contributed by atoms with Crippen molar-refractivity contribution >= 4 is 5.91 Å². The van der Waals surface area contributed by atoms with Crippen molar-refractivity contribution in [2.45, 2.75) is 51.6 Å². The Morgan fingerprint density at radius 2 is 2.15 bits per heavy atom. The monoisotopic (exact) mass is 285 g/mol. The van der Waals surface area contributed by atoms with Crippen LogP contribution in [0.4, 0.5) is 0 Å². The predicted molar refractivity (Wildman–Crippen MR) is 81.5 cm³/mol. The van der Waals surface area contributed by atoms with E-state index >= 15 is 0 Å². The summed E-state index contributed by atoms with van der Waals surface area (Å²) in [5, 5.41) is 3.23. The molecule has 1 aliphatic rings. The number of hydrogen-bond donors (Lipinski definition) is 2. The molecular formula is C15H31N3O2. The number of hydrogen-bond acceptors (Lipinski definition) is 4. The lowest BCUT2D eigenvalue weighted by molar-refractivity contribution is -0.120. The van der Waals surface area contributed by atoms with E-state index in [2.05, 4.69) is 24.1 Å². The number of carbonyl (C=O) groups excluding carboxylic acids is 1. The molecule has 0 aromatic rings. The summed E-state index contributed by atoms with van der Waals surface area (Å²) in [7, 11) is 1.73. The molecule has 1 fully saturated rings. The molecule has 1 amide bonds. The fourth-order valence-electron chi connectivity index (χ4n) is 2.56. The zero-order valence-electron chi connectivity index (χ0n) is 13.2. The first kappa shape index (κ1) is 17.4. The van der Waals surface area contributed by atoms with Crippen LogP contribution in [0.5, 0.6) is 0 Å². The third-order valence-corrected chi connectivity index (χ3v) is 4.15. The minimum Gasteiger partial charge on any atom is -0.383 e. The minimum atomic E-state index is -0.246. The van der Waals surface area contributed by atoms with Crippen LogP contribution in [-0.2, 0) is 9.53 Å². The molecule has 1 saturated carbocycles. The van der Waals surface area contributed by atoms with Gasteiger partial charge < -0.3 is 15.8 Å². The number of amides is 1. The van der Waals surface area contributed by atoms with Crippen molar-refractivity contribution < 1.29 is 9.53 Å². The zero-order valence-corrected chi connectivity index (χ0v) is 13.2. The van der Waals surface area contributed by atoms with Crippen LogP contribution in [0.3, 0.4) is 0 Å². The lowest BCUT2D eigenvalue weighted by Gasteiger charge is -2.30. The van der Waals surface area contributed by atoms with Crippen molar-refractivity contribution in [1.29, 1.82) is 0 Å². The average Bonchev–Trinajstić information content (AvgIpc) is 3.25. The second-order valence-electron chi connectivity index (χ2n) is 5.80. The summed E-state index contributed by atoms with van der Waals surface area (Å²) in [6.07, 6.45) is 4.45. The Kier molecular flexibility index (Phi) is 8.11. The fraction of sp³-hybridized carbons (Fsp3) is 0.933. The van der Waals surface area contributed by atoms with Gasteiger partial charge in [-0.15, -0.1) is 0 Å². The molecule has 2 atom stereocenters. The minimum absolute atomic E-state index is 0.216. The van der Waals surface area contributed by atoms with E-state index in [4.69, 9.17) is 10.5 Å². The van der Waals surface area contributed by atoms with Gasteiger partial charge in [0.25, 0.3) is 0 Å². The molecule has 0 spiro atoms. The number of nitrogens with zero attached hydrogens (tertiary/aromatic N) is 1. The van der Waals surface area contributed by atoms with E-state index in [-0.39, 0.29) is 11.9 Å². The second-order valence-corrected chi connectivity index (χ2v) is 5.80. The van der Waals surface area contributed by atoms with Crippen LogP contribution >= 0.6 is 0 Å². The van der Waals surface area contributed by atoms with Gasteiger partial charge in [-0.05, 0) is 45.1 Å². The maximum atomic E-state index is 11.5. The molecule has 20 heavy (non-hydrogen) atoms. The van der Waals surface area contributed by atoms with Crippen molar-refractivity contribution in [3.8, 4) is 0 Å². The van der Waals surface area contributed by atoms with E-state index < -0.39 is 0 Å². The molecule has 0 saturated heterocycles. The summed E-state index contributed by atoms with van der Waals surface area (Å²) in [5.41, 5.74) is 5.47. The van der Waals surface area contributed by atoms with Gasteiger partial charge in [0, 0.05) is 26.2 Å². The normalized spacial score (nSPS) is 18.2. The van der Waals surface area contributed by atoms with Gasteiger partial charge in [0.15, 0.2) is 0 Å². The fourth-order valence-corrected chi connectivity index (χ4v) is 2.56. The molecular weight excluding hydrogens is 254 g/mol. The van der Waals surface area contributed by atoms with E-state index in [0.717, 1.165) is 45.0 Å². The summed E-state index contributed by atoms with van der Waals surface area (Å²) >= 11 is 0. The number of primary amides is 1. The molecule has 0 bridgehead atoms. The molecule has 0 heterocycles. The standard InChI is InChI=1S/C15H31N3O2/c1-4-8-17-14(15(16)19)7-9-18(10-11-20-3)12(2)13-5-6-13/h12-14,17H,4-11H2,1-3H3,(H2,16,19). The highest BCUT2D eigenvalue weighted by Crippen LogP contribution is 2.35. The zero-order chi connectivity index (χ0) is 15.0. The van der Waals surface area contributed by atoms with E-state index in [0.29, 0.717) is 6.04 Å². The first-order valence-electron chi connectivity index (χ1n) is 7.85. The lowest BCUT2D eigenvalue weighted by Crippen LogP contribution is -2.46. The number of carbonyl (C=O) groups is 1.